The summed E-state index contributed by atoms with van der Waals surface area (Å²) in [6.07, 6.45) is 9.70. The highest BCUT2D eigenvalue weighted by Gasteiger charge is 2.23. The van der Waals surface area contributed by atoms with Crippen molar-refractivity contribution in [3.05, 3.63) is 51.9 Å². The first-order valence-corrected chi connectivity index (χ1v) is 12.2. The number of fused-ring (bicyclic) bond motifs is 3. The van der Waals surface area contributed by atoms with Gasteiger partial charge in [0.1, 0.15) is 23.0 Å². The number of aryl methyl sites for hydroxylation is 2. The summed E-state index contributed by atoms with van der Waals surface area (Å²) in [5.74, 6) is 1.80. The molecule has 1 aromatic carbocycles. The number of hydrogen-bond acceptors (Lipinski definition) is 4. The molecular weight excluding hydrogens is 395 g/mol. The van der Waals surface area contributed by atoms with Gasteiger partial charge in [-0.15, -0.1) is 11.3 Å². The second-order valence-electron chi connectivity index (χ2n) is 8.67. The third-order valence-corrected chi connectivity index (χ3v) is 7.63. The third-order valence-electron chi connectivity index (χ3n) is 6.45. The van der Waals surface area contributed by atoms with Crippen molar-refractivity contribution in [2.75, 3.05) is 25.0 Å². The van der Waals surface area contributed by atoms with Crippen LogP contribution in [0, 0.1) is 5.82 Å². The first kappa shape index (κ1) is 19.9. The fraction of sp³-hybridized carbons (Fsp3) is 0.500. The van der Waals surface area contributed by atoms with E-state index in [9.17, 15) is 4.39 Å². The highest BCUT2D eigenvalue weighted by atomic mass is 32.1. The molecule has 3 aromatic rings. The van der Waals surface area contributed by atoms with E-state index in [4.69, 9.17) is 9.97 Å². The summed E-state index contributed by atoms with van der Waals surface area (Å²) < 4.78 is 13.2. The number of benzene rings is 1. The van der Waals surface area contributed by atoms with Crippen molar-refractivity contribution in [1.29, 1.82) is 0 Å². The largest absolute Gasteiger partial charge is 0.369 e. The molecule has 1 aliphatic carbocycles. The van der Waals surface area contributed by atoms with Gasteiger partial charge in [0, 0.05) is 11.4 Å². The van der Waals surface area contributed by atoms with E-state index in [-0.39, 0.29) is 5.82 Å². The molecule has 3 heterocycles. The van der Waals surface area contributed by atoms with Gasteiger partial charge in [0.25, 0.3) is 0 Å². The summed E-state index contributed by atoms with van der Waals surface area (Å²) in [4.78, 5) is 14.3. The molecule has 30 heavy (non-hydrogen) atoms. The molecule has 4 nitrogen and oxygen atoms in total. The highest BCUT2D eigenvalue weighted by Crippen LogP contribution is 2.38. The Morgan fingerprint density at radius 1 is 0.967 bits per heavy atom. The summed E-state index contributed by atoms with van der Waals surface area (Å²) in [6.45, 7) is 4.18. The van der Waals surface area contributed by atoms with E-state index >= 15 is 0 Å². The first-order valence-electron chi connectivity index (χ1n) is 11.4. The Bertz CT molecular complexity index is 1010. The first-order chi connectivity index (χ1) is 14.8. The summed E-state index contributed by atoms with van der Waals surface area (Å²) in [5, 5.41) is 4.87. The van der Waals surface area contributed by atoms with Gasteiger partial charge < -0.3 is 10.2 Å². The van der Waals surface area contributed by atoms with Crippen molar-refractivity contribution in [2.24, 2.45) is 0 Å². The van der Waals surface area contributed by atoms with Gasteiger partial charge >= 0.3 is 0 Å². The summed E-state index contributed by atoms with van der Waals surface area (Å²) >= 11 is 1.88. The Kier molecular flexibility index (Phi) is 5.95. The number of nitrogens with one attached hydrogen (secondary N) is 2. The number of piperidine rings is 1. The average Bonchev–Trinajstić information content (AvgIpc) is 3.14. The molecular formula is C24H30FN4S+. The lowest BCUT2D eigenvalue weighted by molar-refractivity contribution is -0.919. The lowest BCUT2D eigenvalue weighted by Crippen LogP contribution is -3.11. The van der Waals surface area contributed by atoms with Gasteiger partial charge in [0.05, 0.1) is 18.5 Å². The van der Waals surface area contributed by atoms with E-state index in [0.29, 0.717) is 0 Å². The van der Waals surface area contributed by atoms with Crippen LogP contribution < -0.4 is 10.2 Å². The summed E-state index contributed by atoms with van der Waals surface area (Å²) in [7, 11) is 0. The van der Waals surface area contributed by atoms with Crippen LogP contribution in [-0.4, -0.2) is 29.6 Å². The van der Waals surface area contributed by atoms with E-state index in [1.54, 1.807) is 4.90 Å². The Morgan fingerprint density at radius 3 is 2.60 bits per heavy atom. The highest BCUT2D eigenvalue weighted by molar-refractivity contribution is 7.19. The van der Waals surface area contributed by atoms with Crippen LogP contribution >= 0.6 is 11.3 Å². The standard InChI is InChI=1S/C24H29FN4S/c25-18-10-8-17(9-11-18)12-13-26-23-22-19-6-2-3-7-20(19)30-24(22)28-21(27-23)16-29-14-4-1-5-15-29/h8-11H,1-7,12-16H2,(H,26,27,28)/p+1. The summed E-state index contributed by atoms with van der Waals surface area (Å²) in [5.41, 5.74) is 2.61. The number of anilines is 1. The van der Waals surface area contributed by atoms with Crippen LogP contribution in [0.4, 0.5) is 10.2 Å². The van der Waals surface area contributed by atoms with Crippen LogP contribution in [0.1, 0.15) is 53.9 Å². The molecule has 0 saturated carbocycles. The fourth-order valence-electron chi connectivity index (χ4n) is 4.84. The van der Waals surface area contributed by atoms with Gasteiger partial charge in [-0.2, -0.15) is 0 Å². The fourth-order valence-corrected chi connectivity index (χ4v) is 6.12. The molecule has 2 aliphatic rings. The van der Waals surface area contributed by atoms with Crippen LogP contribution in [0.15, 0.2) is 24.3 Å². The van der Waals surface area contributed by atoms with Crippen LogP contribution in [-0.2, 0) is 25.8 Å². The van der Waals surface area contributed by atoms with Gasteiger partial charge in [0.2, 0.25) is 0 Å². The normalized spacial score (nSPS) is 17.2. The van der Waals surface area contributed by atoms with E-state index < -0.39 is 0 Å². The predicted octanol–water partition coefficient (Wildman–Crippen LogP) is 3.93. The average molecular weight is 426 g/mol. The molecule has 0 bridgehead atoms. The van der Waals surface area contributed by atoms with Crippen molar-refractivity contribution in [1.82, 2.24) is 9.97 Å². The quantitative estimate of drug-likeness (QED) is 0.629. The molecule has 5 rings (SSSR count). The van der Waals surface area contributed by atoms with Gasteiger partial charge in [-0.3, -0.25) is 0 Å². The van der Waals surface area contributed by atoms with E-state index in [1.807, 2.05) is 23.5 Å². The van der Waals surface area contributed by atoms with Crippen LogP contribution in [0.2, 0.25) is 0 Å². The maximum atomic E-state index is 13.2. The van der Waals surface area contributed by atoms with Crippen molar-refractivity contribution in [3.8, 4) is 0 Å². The van der Waals surface area contributed by atoms with Gasteiger partial charge in [-0.05, 0) is 74.6 Å². The SMILES string of the molecule is Fc1ccc(CCNc2nc(C[NH+]3CCCCC3)nc3sc4c(c23)CCCC4)cc1. The molecule has 6 heteroatoms. The molecule has 1 aliphatic heterocycles. The predicted molar refractivity (Wildman–Crippen MR) is 121 cm³/mol. The van der Waals surface area contributed by atoms with Crippen molar-refractivity contribution < 1.29 is 9.29 Å². The van der Waals surface area contributed by atoms with Crippen molar-refractivity contribution >= 4 is 27.4 Å². The zero-order valence-electron chi connectivity index (χ0n) is 17.5. The lowest BCUT2D eigenvalue weighted by Gasteiger charge is -2.23. The second kappa shape index (κ2) is 8.98. The second-order valence-corrected chi connectivity index (χ2v) is 9.75. The van der Waals surface area contributed by atoms with Crippen LogP contribution in [0.25, 0.3) is 10.2 Å². The minimum absolute atomic E-state index is 0.182. The molecule has 1 fully saturated rings. The Labute approximate surface area is 181 Å². The molecule has 2 N–H and O–H groups in total. The molecule has 2 aromatic heterocycles. The summed E-state index contributed by atoms with van der Waals surface area (Å²) in [6, 6.07) is 6.80. The molecule has 0 spiro atoms. The number of thiophene rings is 1. The zero-order valence-corrected chi connectivity index (χ0v) is 18.3. The van der Waals surface area contributed by atoms with E-state index in [2.05, 4.69) is 5.32 Å². The monoisotopic (exact) mass is 425 g/mol. The number of aromatic nitrogens is 2. The number of hydrogen-bond donors (Lipinski definition) is 2. The number of quaternary nitrogens is 1. The minimum Gasteiger partial charge on any atom is -0.369 e. The zero-order chi connectivity index (χ0) is 20.3. The number of halogens is 1. The minimum atomic E-state index is -0.182. The third kappa shape index (κ3) is 4.35. The van der Waals surface area contributed by atoms with Crippen molar-refractivity contribution in [3.63, 3.8) is 0 Å². The van der Waals surface area contributed by atoms with Gasteiger partial charge in [-0.1, -0.05) is 12.1 Å². The molecule has 0 amide bonds. The van der Waals surface area contributed by atoms with Gasteiger partial charge in [0.15, 0.2) is 5.82 Å². The smallest absolute Gasteiger partial charge is 0.187 e. The number of rotatable bonds is 6. The Morgan fingerprint density at radius 2 is 1.77 bits per heavy atom. The van der Waals surface area contributed by atoms with E-state index in [0.717, 1.165) is 48.0 Å². The van der Waals surface area contributed by atoms with E-state index in [1.165, 1.54) is 79.6 Å². The molecule has 0 unspecified atom stereocenters. The van der Waals surface area contributed by atoms with Crippen molar-refractivity contribution in [2.45, 2.75) is 57.9 Å². The molecule has 1 saturated heterocycles. The topological polar surface area (TPSA) is 42.2 Å². The van der Waals surface area contributed by atoms with Crippen LogP contribution in [0.3, 0.4) is 0 Å². The Balaban J connectivity index is 1.41. The van der Waals surface area contributed by atoms with Gasteiger partial charge in [-0.25, -0.2) is 14.4 Å². The molecule has 0 radical (unpaired) electrons. The van der Waals surface area contributed by atoms with Crippen LogP contribution in [0.5, 0.6) is 0 Å². The lowest BCUT2D eigenvalue weighted by atomic mass is 9.97. The maximum absolute atomic E-state index is 13.2. The number of nitrogens with zero attached hydrogens (tertiary/aromatic N) is 2. The molecule has 158 valence electrons. The number of likely N-dealkylation sites (tertiary alicyclic amines) is 1. The maximum Gasteiger partial charge on any atom is 0.187 e. The Hall–Kier alpha value is -2.05. The molecule has 0 atom stereocenters.